The van der Waals surface area contributed by atoms with Gasteiger partial charge in [0.05, 0.1) is 0 Å². The molecular weight excluding hydrogens is 225 g/mol. The smallest absolute Gasteiger partial charge is 0.0430 e. The van der Waals surface area contributed by atoms with Crippen molar-refractivity contribution in [1.29, 1.82) is 0 Å². The molecule has 0 radical (unpaired) electrons. The minimum Gasteiger partial charge on any atom is -0.402 e. The molecule has 1 rings (SSSR count). The van der Waals surface area contributed by atoms with Crippen molar-refractivity contribution >= 4 is 22.6 Å². The van der Waals surface area contributed by atoms with Crippen LogP contribution in [0.4, 0.5) is 0 Å². The van der Waals surface area contributed by atoms with Crippen LogP contribution in [0.15, 0.2) is 23.9 Å². The molecule has 2 N–H and O–H groups in total. The second kappa shape index (κ2) is 2.33. The highest BCUT2D eigenvalue weighted by atomic mass is 127. The molecule has 1 aliphatic carbocycles. The molecule has 0 fully saturated rings. The highest BCUT2D eigenvalue weighted by molar-refractivity contribution is 14.1. The highest BCUT2D eigenvalue weighted by Gasteiger charge is 2.18. The molecule has 0 saturated heterocycles. The van der Waals surface area contributed by atoms with Gasteiger partial charge in [-0.15, -0.1) is 0 Å². The SMILES string of the molecule is CC1(I)C=CC=C(N)C1. The van der Waals surface area contributed by atoms with Gasteiger partial charge in [0.25, 0.3) is 0 Å². The second-order valence-corrected chi connectivity index (χ2v) is 5.02. The number of halogens is 1. The molecule has 1 nitrogen and oxygen atoms in total. The second-order valence-electron chi connectivity index (χ2n) is 2.56. The van der Waals surface area contributed by atoms with Crippen molar-refractivity contribution in [1.82, 2.24) is 0 Å². The fraction of sp³-hybridized carbons (Fsp3) is 0.429. The van der Waals surface area contributed by atoms with Gasteiger partial charge in [-0.3, -0.25) is 0 Å². The number of rotatable bonds is 0. The van der Waals surface area contributed by atoms with Crippen molar-refractivity contribution in [3.63, 3.8) is 0 Å². The lowest BCUT2D eigenvalue weighted by atomic mass is 10.0. The van der Waals surface area contributed by atoms with Crippen LogP contribution in [0.3, 0.4) is 0 Å². The van der Waals surface area contributed by atoms with Gasteiger partial charge >= 0.3 is 0 Å². The number of nitrogens with two attached hydrogens (primary N) is 1. The topological polar surface area (TPSA) is 26.0 Å². The van der Waals surface area contributed by atoms with E-state index in [9.17, 15) is 0 Å². The number of hydrogen-bond donors (Lipinski definition) is 1. The molecule has 2 heteroatoms. The molecule has 0 bridgehead atoms. The predicted molar refractivity (Wildman–Crippen MR) is 48.5 cm³/mol. The minimum absolute atomic E-state index is 0.247. The quantitative estimate of drug-likeness (QED) is 0.504. The van der Waals surface area contributed by atoms with E-state index in [1.54, 1.807) is 0 Å². The van der Waals surface area contributed by atoms with E-state index in [4.69, 9.17) is 5.73 Å². The van der Waals surface area contributed by atoms with Gasteiger partial charge in [0.1, 0.15) is 0 Å². The maximum Gasteiger partial charge on any atom is 0.0430 e. The molecule has 50 valence electrons. The normalized spacial score (nSPS) is 34.2. The molecule has 0 aromatic carbocycles. The molecule has 0 spiro atoms. The molecule has 1 atom stereocenters. The van der Waals surface area contributed by atoms with E-state index in [0.29, 0.717) is 0 Å². The molecule has 9 heavy (non-hydrogen) atoms. The Bertz CT molecular complexity index is 168. The molecule has 0 aliphatic heterocycles. The third kappa shape index (κ3) is 2.01. The third-order valence-electron chi connectivity index (χ3n) is 1.30. The summed E-state index contributed by atoms with van der Waals surface area (Å²) in [7, 11) is 0. The van der Waals surface area contributed by atoms with E-state index in [1.165, 1.54) is 0 Å². The summed E-state index contributed by atoms with van der Waals surface area (Å²) in [6.45, 7) is 2.17. The van der Waals surface area contributed by atoms with Crippen molar-refractivity contribution in [3.8, 4) is 0 Å². The average Bonchev–Trinajstić information content (AvgIpc) is 1.60. The summed E-state index contributed by atoms with van der Waals surface area (Å²) in [4.78, 5) is 0. The third-order valence-corrected chi connectivity index (χ3v) is 2.04. The monoisotopic (exact) mass is 235 g/mol. The van der Waals surface area contributed by atoms with Crippen LogP contribution in [0.25, 0.3) is 0 Å². The summed E-state index contributed by atoms with van der Waals surface area (Å²) in [5.74, 6) is 0. The van der Waals surface area contributed by atoms with Gasteiger partial charge in [-0.1, -0.05) is 34.7 Å². The fourth-order valence-corrected chi connectivity index (χ4v) is 1.54. The number of hydrogen-bond acceptors (Lipinski definition) is 1. The summed E-state index contributed by atoms with van der Waals surface area (Å²) in [6.07, 6.45) is 7.12. The Balaban J connectivity index is 2.73. The van der Waals surface area contributed by atoms with E-state index >= 15 is 0 Å². The van der Waals surface area contributed by atoms with Crippen molar-refractivity contribution in [2.75, 3.05) is 0 Å². The van der Waals surface area contributed by atoms with Gasteiger partial charge in [0.2, 0.25) is 0 Å². The van der Waals surface area contributed by atoms with Crippen molar-refractivity contribution in [3.05, 3.63) is 23.9 Å². The zero-order valence-corrected chi connectivity index (χ0v) is 7.55. The van der Waals surface area contributed by atoms with E-state index in [1.807, 2.05) is 12.2 Å². The lowest BCUT2D eigenvalue weighted by Crippen LogP contribution is -2.18. The van der Waals surface area contributed by atoms with E-state index in [-0.39, 0.29) is 3.42 Å². The lowest BCUT2D eigenvalue weighted by molar-refractivity contribution is 0.790. The Labute approximate surface area is 69.1 Å². The Morgan fingerprint density at radius 3 is 2.78 bits per heavy atom. The lowest BCUT2D eigenvalue weighted by Gasteiger charge is -2.20. The van der Waals surface area contributed by atoms with Crippen LogP contribution in [0.1, 0.15) is 13.3 Å². The molecule has 0 saturated carbocycles. The van der Waals surface area contributed by atoms with Crippen LogP contribution in [0.2, 0.25) is 0 Å². The van der Waals surface area contributed by atoms with Crippen LogP contribution in [0.5, 0.6) is 0 Å². The van der Waals surface area contributed by atoms with Crippen LogP contribution in [-0.2, 0) is 0 Å². The van der Waals surface area contributed by atoms with E-state index in [2.05, 4.69) is 35.6 Å². The Morgan fingerprint density at radius 2 is 2.44 bits per heavy atom. The Hall–Kier alpha value is 0.01000. The van der Waals surface area contributed by atoms with Crippen molar-refractivity contribution in [2.24, 2.45) is 5.73 Å². The summed E-state index contributed by atoms with van der Waals surface area (Å²) in [5.41, 5.74) is 6.60. The Morgan fingerprint density at radius 1 is 1.78 bits per heavy atom. The predicted octanol–water partition coefficient (Wildman–Crippen LogP) is 1.98. The first-order valence-corrected chi connectivity index (χ1v) is 4.01. The molecule has 0 amide bonds. The molecule has 0 aromatic rings. The number of allylic oxidation sites excluding steroid dienone is 4. The molecule has 0 aromatic heterocycles. The standard InChI is InChI=1S/C7H10IN/c1-7(8)4-2-3-6(9)5-7/h2-4H,5,9H2,1H3. The summed E-state index contributed by atoms with van der Waals surface area (Å²) in [6, 6.07) is 0. The highest BCUT2D eigenvalue weighted by Crippen LogP contribution is 2.29. The van der Waals surface area contributed by atoms with Crippen LogP contribution in [-0.4, -0.2) is 3.42 Å². The van der Waals surface area contributed by atoms with Gasteiger partial charge in [0, 0.05) is 15.5 Å². The van der Waals surface area contributed by atoms with Gasteiger partial charge < -0.3 is 5.73 Å². The van der Waals surface area contributed by atoms with Crippen LogP contribution in [0, 0.1) is 0 Å². The largest absolute Gasteiger partial charge is 0.402 e. The zero-order valence-electron chi connectivity index (χ0n) is 5.39. The van der Waals surface area contributed by atoms with Crippen LogP contribution < -0.4 is 5.73 Å². The molecular formula is C7H10IN. The first kappa shape index (κ1) is 7.12. The van der Waals surface area contributed by atoms with Crippen LogP contribution >= 0.6 is 22.6 Å². The number of alkyl halides is 1. The average molecular weight is 235 g/mol. The zero-order chi connectivity index (χ0) is 6.91. The van der Waals surface area contributed by atoms with E-state index < -0.39 is 0 Å². The maximum atomic E-state index is 5.62. The van der Waals surface area contributed by atoms with Crippen molar-refractivity contribution in [2.45, 2.75) is 16.8 Å². The minimum atomic E-state index is 0.247. The van der Waals surface area contributed by atoms with Gasteiger partial charge in [0.15, 0.2) is 0 Å². The first-order valence-electron chi connectivity index (χ1n) is 2.93. The molecule has 0 heterocycles. The summed E-state index contributed by atoms with van der Waals surface area (Å²) < 4.78 is 0.247. The van der Waals surface area contributed by atoms with Gasteiger partial charge in [-0.05, 0) is 13.0 Å². The van der Waals surface area contributed by atoms with E-state index in [0.717, 1.165) is 12.1 Å². The summed E-state index contributed by atoms with van der Waals surface area (Å²) >= 11 is 2.40. The summed E-state index contributed by atoms with van der Waals surface area (Å²) in [5, 5.41) is 0. The van der Waals surface area contributed by atoms with Gasteiger partial charge in [-0.25, -0.2) is 0 Å². The molecule has 1 unspecified atom stereocenters. The van der Waals surface area contributed by atoms with Gasteiger partial charge in [-0.2, -0.15) is 0 Å². The van der Waals surface area contributed by atoms with Crippen molar-refractivity contribution < 1.29 is 0 Å². The molecule has 1 aliphatic rings. The first-order chi connectivity index (χ1) is 4.10. The fourth-order valence-electron chi connectivity index (χ4n) is 0.889. The maximum absolute atomic E-state index is 5.62. The Kier molecular flexibility index (Phi) is 1.84.